The predicted molar refractivity (Wildman–Crippen MR) is 79.4 cm³/mol. The second-order valence-corrected chi connectivity index (χ2v) is 5.50. The first-order valence-electron chi connectivity index (χ1n) is 7.01. The largest absolute Gasteiger partial charge is 0.448 e. The molecule has 0 bridgehead atoms. The summed E-state index contributed by atoms with van der Waals surface area (Å²) in [6, 6.07) is 3.59. The van der Waals surface area contributed by atoms with E-state index < -0.39 is 0 Å². The molecule has 1 fully saturated rings. The van der Waals surface area contributed by atoms with Crippen LogP contribution in [0.2, 0.25) is 0 Å². The van der Waals surface area contributed by atoms with Gasteiger partial charge < -0.3 is 14.6 Å². The third-order valence-corrected chi connectivity index (χ3v) is 3.40. The molecule has 0 aliphatic heterocycles. The van der Waals surface area contributed by atoms with Gasteiger partial charge in [-0.2, -0.15) is 0 Å². The third-order valence-electron chi connectivity index (χ3n) is 3.40. The van der Waals surface area contributed by atoms with Gasteiger partial charge in [-0.05, 0) is 30.9 Å². The number of rotatable bonds is 5. The highest BCUT2D eigenvalue weighted by Crippen LogP contribution is 2.32. The minimum atomic E-state index is -0.281. The summed E-state index contributed by atoms with van der Waals surface area (Å²) in [6.07, 6.45) is 6.38. The van der Waals surface area contributed by atoms with Crippen LogP contribution in [-0.2, 0) is 6.42 Å². The quantitative estimate of drug-likeness (QED) is 0.913. The Morgan fingerprint density at radius 3 is 3.00 bits per heavy atom. The smallest absolute Gasteiger partial charge is 0.277 e. The van der Waals surface area contributed by atoms with Crippen LogP contribution >= 0.6 is 0 Å². The monoisotopic (exact) mass is 286 g/mol. The molecule has 1 N–H and O–H groups in total. The van der Waals surface area contributed by atoms with Gasteiger partial charge in [0, 0.05) is 26.7 Å². The maximum atomic E-state index is 12.2. The highest BCUT2D eigenvalue weighted by molar-refractivity contribution is 6.04. The zero-order chi connectivity index (χ0) is 14.8. The maximum Gasteiger partial charge on any atom is 0.277 e. The molecule has 110 valence electrons. The summed E-state index contributed by atoms with van der Waals surface area (Å²) in [5.41, 5.74) is 0.957. The lowest BCUT2D eigenvalue weighted by atomic mass is 10.3. The van der Waals surface area contributed by atoms with Crippen LogP contribution in [0.4, 0.5) is 11.5 Å². The average Bonchev–Trinajstić information content (AvgIpc) is 3.14. The molecule has 1 aliphatic rings. The first kappa shape index (κ1) is 13.6. The topological polar surface area (TPSA) is 71.3 Å². The third kappa shape index (κ3) is 3.21. The van der Waals surface area contributed by atoms with Crippen molar-refractivity contribution in [2.24, 2.45) is 5.92 Å². The summed E-state index contributed by atoms with van der Waals surface area (Å²) in [6.45, 7) is 0. The number of amides is 1. The lowest BCUT2D eigenvalue weighted by Crippen LogP contribution is -2.18. The Morgan fingerprint density at radius 2 is 2.29 bits per heavy atom. The van der Waals surface area contributed by atoms with Crippen LogP contribution in [0.3, 0.4) is 0 Å². The van der Waals surface area contributed by atoms with E-state index in [-0.39, 0.29) is 5.91 Å². The van der Waals surface area contributed by atoms with Crippen LogP contribution < -0.4 is 10.2 Å². The normalized spacial score (nSPS) is 14.0. The van der Waals surface area contributed by atoms with E-state index in [1.165, 1.54) is 19.1 Å². The van der Waals surface area contributed by atoms with Gasteiger partial charge in [0.15, 0.2) is 17.4 Å². The van der Waals surface area contributed by atoms with Crippen LogP contribution in [0.25, 0.3) is 0 Å². The summed E-state index contributed by atoms with van der Waals surface area (Å²) in [4.78, 5) is 22.6. The minimum Gasteiger partial charge on any atom is -0.448 e. The second-order valence-electron chi connectivity index (χ2n) is 5.50. The number of nitrogens with one attached hydrogen (secondary N) is 1. The molecule has 2 aromatic rings. The Bertz CT molecular complexity index is 647. The van der Waals surface area contributed by atoms with Gasteiger partial charge in [-0.15, -0.1) is 0 Å². The molecule has 2 heterocycles. The van der Waals surface area contributed by atoms with Crippen molar-refractivity contribution in [3.8, 4) is 0 Å². The fraction of sp³-hybridized carbons (Fsp3) is 0.400. The van der Waals surface area contributed by atoms with Gasteiger partial charge >= 0.3 is 0 Å². The van der Waals surface area contributed by atoms with Gasteiger partial charge in [0.05, 0.1) is 5.69 Å². The highest BCUT2D eigenvalue weighted by atomic mass is 16.3. The Balaban J connectivity index is 1.72. The van der Waals surface area contributed by atoms with Crippen molar-refractivity contribution in [3.05, 3.63) is 36.2 Å². The van der Waals surface area contributed by atoms with Crippen LogP contribution in [0.15, 0.2) is 29.0 Å². The van der Waals surface area contributed by atoms with E-state index >= 15 is 0 Å². The van der Waals surface area contributed by atoms with Crippen molar-refractivity contribution in [3.63, 3.8) is 0 Å². The molecule has 1 amide bonds. The van der Waals surface area contributed by atoms with Crippen molar-refractivity contribution in [1.29, 1.82) is 0 Å². The fourth-order valence-corrected chi connectivity index (χ4v) is 2.12. The molecule has 0 radical (unpaired) electrons. The molecule has 6 heteroatoms. The first-order valence-corrected chi connectivity index (χ1v) is 7.01. The number of anilines is 2. The van der Waals surface area contributed by atoms with Crippen molar-refractivity contribution in [1.82, 2.24) is 9.97 Å². The molecular formula is C15H18N4O2. The molecule has 0 spiro atoms. The molecule has 3 rings (SSSR count). The SMILES string of the molecule is CN(C)c1ncccc1NC(=O)c1coc(CC2CC2)n1. The Morgan fingerprint density at radius 1 is 1.48 bits per heavy atom. The number of carbonyl (C=O) groups is 1. The second kappa shape index (κ2) is 5.55. The molecule has 2 aromatic heterocycles. The zero-order valence-corrected chi connectivity index (χ0v) is 12.2. The summed E-state index contributed by atoms with van der Waals surface area (Å²) in [5, 5.41) is 2.82. The van der Waals surface area contributed by atoms with Gasteiger partial charge in [0.25, 0.3) is 5.91 Å². The van der Waals surface area contributed by atoms with Gasteiger partial charge in [-0.25, -0.2) is 9.97 Å². The predicted octanol–water partition coefficient (Wildman–Crippen LogP) is 2.34. The summed E-state index contributed by atoms with van der Waals surface area (Å²) < 4.78 is 5.35. The molecule has 1 saturated carbocycles. The van der Waals surface area contributed by atoms with Crippen molar-refractivity contribution in [2.75, 3.05) is 24.3 Å². The van der Waals surface area contributed by atoms with E-state index in [2.05, 4.69) is 15.3 Å². The fourth-order valence-electron chi connectivity index (χ4n) is 2.12. The summed E-state index contributed by atoms with van der Waals surface area (Å²) in [7, 11) is 3.75. The Hall–Kier alpha value is -2.37. The molecule has 0 aromatic carbocycles. The highest BCUT2D eigenvalue weighted by Gasteiger charge is 2.24. The number of hydrogen-bond donors (Lipinski definition) is 1. The van der Waals surface area contributed by atoms with Crippen LogP contribution in [-0.4, -0.2) is 30.0 Å². The van der Waals surface area contributed by atoms with Gasteiger partial charge in [-0.1, -0.05) is 0 Å². The Labute approximate surface area is 123 Å². The van der Waals surface area contributed by atoms with Crippen LogP contribution in [0.1, 0.15) is 29.2 Å². The number of oxazole rings is 1. The van der Waals surface area contributed by atoms with E-state index in [9.17, 15) is 4.79 Å². The lowest BCUT2D eigenvalue weighted by Gasteiger charge is -2.15. The van der Waals surface area contributed by atoms with Crippen molar-refractivity contribution >= 4 is 17.4 Å². The molecule has 21 heavy (non-hydrogen) atoms. The standard InChI is InChI=1S/C15H18N4O2/c1-19(2)14-11(4-3-7-16-14)18-15(20)12-9-21-13(17-12)8-10-5-6-10/h3-4,7,9-10H,5-6,8H2,1-2H3,(H,18,20). The van der Waals surface area contributed by atoms with Gasteiger partial charge in [0.1, 0.15) is 6.26 Å². The number of pyridine rings is 1. The van der Waals surface area contributed by atoms with Gasteiger partial charge in [0.2, 0.25) is 0 Å². The summed E-state index contributed by atoms with van der Waals surface area (Å²) in [5.74, 6) is 1.74. The number of hydrogen-bond acceptors (Lipinski definition) is 5. The molecular weight excluding hydrogens is 268 g/mol. The Kier molecular flexibility index (Phi) is 3.60. The number of carbonyl (C=O) groups excluding carboxylic acids is 1. The molecule has 0 atom stereocenters. The molecule has 6 nitrogen and oxygen atoms in total. The molecule has 0 unspecified atom stereocenters. The van der Waals surface area contributed by atoms with E-state index in [1.807, 2.05) is 25.1 Å². The van der Waals surface area contributed by atoms with E-state index in [0.717, 1.165) is 6.42 Å². The summed E-state index contributed by atoms with van der Waals surface area (Å²) >= 11 is 0. The zero-order valence-electron chi connectivity index (χ0n) is 12.2. The van der Waals surface area contributed by atoms with Crippen molar-refractivity contribution in [2.45, 2.75) is 19.3 Å². The van der Waals surface area contributed by atoms with Crippen LogP contribution in [0.5, 0.6) is 0 Å². The molecule has 0 saturated heterocycles. The number of aromatic nitrogens is 2. The molecule has 1 aliphatic carbocycles. The van der Waals surface area contributed by atoms with Crippen LogP contribution in [0, 0.1) is 5.92 Å². The van der Waals surface area contributed by atoms with E-state index in [1.54, 1.807) is 12.3 Å². The van der Waals surface area contributed by atoms with E-state index in [4.69, 9.17) is 4.42 Å². The average molecular weight is 286 g/mol. The van der Waals surface area contributed by atoms with Gasteiger partial charge in [-0.3, -0.25) is 4.79 Å². The number of nitrogens with zero attached hydrogens (tertiary/aromatic N) is 3. The van der Waals surface area contributed by atoms with Crippen molar-refractivity contribution < 1.29 is 9.21 Å². The lowest BCUT2D eigenvalue weighted by molar-refractivity contribution is 0.102. The first-order chi connectivity index (χ1) is 10.1. The maximum absolute atomic E-state index is 12.2. The van der Waals surface area contributed by atoms with E-state index in [0.29, 0.717) is 29.0 Å². The minimum absolute atomic E-state index is 0.281.